The number of rotatable bonds is 14. The van der Waals surface area contributed by atoms with Crippen LogP contribution in [0.25, 0.3) is 12.2 Å². The van der Waals surface area contributed by atoms with E-state index in [9.17, 15) is 0 Å². The van der Waals surface area contributed by atoms with E-state index in [-0.39, 0.29) is 0 Å². The smallest absolute Gasteiger partial charge is 0.123 e. The second kappa shape index (κ2) is 14.6. The van der Waals surface area contributed by atoms with E-state index in [0.717, 1.165) is 64.9 Å². The lowest BCUT2D eigenvalue weighted by Gasteiger charge is -2.11. The molecule has 0 radical (unpaired) electrons. The molecule has 2 rings (SSSR count). The van der Waals surface area contributed by atoms with Crippen LogP contribution in [-0.4, -0.2) is 37.1 Å². The van der Waals surface area contributed by atoms with Crippen molar-refractivity contribution in [2.45, 2.75) is 19.3 Å². The van der Waals surface area contributed by atoms with Crippen molar-refractivity contribution in [1.29, 1.82) is 0 Å². The summed E-state index contributed by atoms with van der Waals surface area (Å²) in [7, 11) is 0. The summed E-state index contributed by atoms with van der Waals surface area (Å²) >= 11 is 12.7. The van der Waals surface area contributed by atoms with Gasteiger partial charge in [-0.3, -0.25) is 0 Å². The van der Waals surface area contributed by atoms with E-state index in [0.29, 0.717) is 19.8 Å². The third-order valence-electron chi connectivity index (χ3n) is 3.96. The van der Waals surface area contributed by atoms with Gasteiger partial charge in [0.05, 0.1) is 19.8 Å². The van der Waals surface area contributed by atoms with Gasteiger partial charge in [-0.25, -0.2) is 0 Å². The van der Waals surface area contributed by atoms with E-state index in [1.54, 1.807) is 0 Å². The van der Waals surface area contributed by atoms with Crippen molar-refractivity contribution >= 4 is 50.0 Å². The van der Waals surface area contributed by atoms with Crippen molar-refractivity contribution in [3.05, 3.63) is 53.6 Å². The summed E-state index contributed by atoms with van der Waals surface area (Å²) in [6.45, 7) is 1.97. The number of benzene rings is 2. The fourth-order valence-corrected chi connectivity index (χ4v) is 2.88. The van der Waals surface area contributed by atoms with Crippen LogP contribution in [0.4, 0.5) is 0 Å². The molecule has 0 atom stereocenters. The van der Waals surface area contributed by atoms with Crippen molar-refractivity contribution in [2.24, 2.45) is 0 Å². The van der Waals surface area contributed by atoms with Crippen molar-refractivity contribution in [3.8, 4) is 17.2 Å². The van der Waals surface area contributed by atoms with Crippen LogP contribution in [0.5, 0.6) is 17.2 Å². The summed E-state index contributed by atoms with van der Waals surface area (Å²) in [5.41, 5.74) is 2.13. The highest BCUT2D eigenvalue weighted by molar-refractivity contribution is 7.80. The second-order valence-electron chi connectivity index (χ2n) is 6.42. The minimum absolute atomic E-state index is 0.640. The fourth-order valence-electron chi connectivity index (χ4n) is 2.49. The molecule has 2 aromatic carbocycles. The largest absolute Gasteiger partial charge is 0.494 e. The van der Waals surface area contributed by atoms with Gasteiger partial charge < -0.3 is 14.2 Å². The van der Waals surface area contributed by atoms with Gasteiger partial charge in [0.2, 0.25) is 0 Å². The van der Waals surface area contributed by atoms with Crippen molar-refractivity contribution < 1.29 is 14.2 Å². The Morgan fingerprint density at radius 2 is 1.00 bits per heavy atom. The Kier molecular flexibility index (Phi) is 12.0. The molecule has 0 fully saturated rings. The molecule has 0 bridgehead atoms. The van der Waals surface area contributed by atoms with Crippen LogP contribution in [0.15, 0.2) is 42.5 Å². The zero-order valence-electron chi connectivity index (χ0n) is 16.6. The molecular formula is C23H30O3S3. The maximum Gasteiger partial charge on any atom is 0.123 e. The van der Waals surface area contributed by atoms with Crippen LogP contribution in [-0.2, 0) is 0 Å². The molecule has 0 unspecified atom stereocenters. The molecule has 0 amide bonds. The summed E-state index contributed by atoms with van der Waals surface area (Å²) in [4.78, 5) is 0. The molecule has 0 aliphatic carbocycles. The summed E-state index contributed by atoms with van der Waals surface area (Å²) < 4.78 is 17.4. The fraction of sp³-hybridized carbons (Fsp3) is 0.391. The summed E-state index contributed by atoms with van der Waals surface area (Å²) in [5, 5.41) is 0. The summed E-state index contributed by atoms with van der Waals surface area (Å²) in [6, 6.07) is 14.0. The highest BCUT2D eigenvalue weighted by Gasteiger charge is 2.03. The van der Waals surface area contributed by atoms with Gasteiger partial charge >= 0.3 is 0 Å². The minimum atomic E-state index is 0.640. The summed E-state index contributed by atoms with van der Waals surface area (Å²) in [5.74, 6) is 4.94. The first kappa shape index (κ1) is 23.9. The number of ether oxygens (including phenoxy) is 3. The number of hydrogen-bond acceptors (Lipinski definition) is 6. The Morgan fingerprint density at radius 1 is 0.552 bits per heavy atom. The highest BCUT2D eigenvalue weighted by Crippen LogP contribution is 2.25. The van der Waals surface area contributed by atoms with E-state index in [1.807, 2.05) is 42.5 Å². The standard InChI is InChI=1S/C23H30O3S3/c27-13-1-10-24-21-8-6-19(7-9-21)4-5-20-16-22(25-11-2-14-28)18-23(17-20)26-12-3-15-29/h4-9,16-18,27-29H,1-3,10-15H2/b5-4+. The lowest BCUT2D eigenvalue weighted by Crippen LogP contribution is -2.01. The lowest BCUT2D eigenvalue weighted by atomic mass is 10.1. The third kappa shape index (κ3) is 9.79. The van der Waals surface area contributed by atoms with E-state index < -0.39 is 0 Å². The van der Waals surface area contributed by atoms with Crippen LogP contribution in [0.1, 0.15) is 30.4 Å². The Morgan fingerprint density at radius 3 is 1.48 bits per heavy atom. The van der Waals surface area contributed by atoms with Crippen LogP contribution in [0, 0.1) is 0 Å². The molecular weight excluding hydrogens is 420 g/mol. The average molecular weight is 451 g/mol. The minimum Gasteiger partial charge on any atom is -0.494 e. The maximum atomic E-state index is 5.85. The van der Waals surface area contributed by atoms with Crippen LogP contribution >= 0.6 is 37.9 Å². The monoisotopic (exact) mass is 450 g/mol. The van der Waals surface area contributed by atoms with Gasteiger partial charge in [-0.2, -0.15) is 37.9 Å². The second-order valence-corrected chi connectivity index (χ2v) is 7.76. The predicted octanol–water partition coefficient (Wildman–Crippen LogP) is 5.95. The van der Waals surface area contributed by atoms with Gasteiger partial charge in [0.25, 0.3) is 0 Å². The number of hydrogen-bond donors (Lipinski definition) is 3. The molecule has 2 aromatic rings. The molecule has 0 aliphatic rings. The van der Waals surface area contributed by atoms with Gasteiger partial charge in [0.1, 0.15) is 17.2 Å². The number of thiol groups is 3. The molecule has 0 saturated heterocycles. The Hall–Kier alpha value is -1.37. The van der Waals surface area contributed by atoms with E-state index >= 15 is 0 Å². The lowest BCUT2D eigenvalue weighted by molar-refractivity contribution is 0.303. The van der Waals surface area contributed by atoms with Gasteiger partial charge in [-0.1, -0.05) is 24.3 Å². The Labute approximate surface area is 191 Å². The first-order valence-electron chi connectivity index (χ1n) is 9.89. The van der Waals surface area contributed by atoms with Gasteiger partial charge in [0, 0.05) is 6.07 Å². The molecule has 0 aliphatic heterocycles. The first-order valence-corrected chi connectivity index (χ1v) is 11.8. The molecule has 0 spiro atoms. The Bertz CT molecular complexity index is 704. The Balaban J connectivity index is 2.05. The normalized spacial score (nSPS) is 11.0. The molecule has 29 heavy (non-hydrogen) atoms. The van der Waals surface area contributed by atoms with E-state index in [2.05, 4.69) is 50.0 Å². The third-order valence-corrected chi connectivity index (χ3v) is 4.91. The molecule has 0 saturated carbocycles. The highest BCUT2D eigenvalue weighted by atomic mass is 32.1. The molecule has 0 heterocycles. The zero-order chi connectivity index (χ0) is 20.7. The van der Waals surface area contributed by atoms with Crippen molar-refractivity contribution in [2.75, 3.05) is 37.1 Å². The van der Waals surface area contributed by atoms with Crippen LogP contribution in [0.2, 0.25) is 0 Å². The first-order chi connectivity index (χ1) is 14.2. The topological polar surface area (TPSA) is 27.7 Å². The van der Waals surface area contributed by atoms with Crippen molar-refractivity contribution in [3.63, 3.8) is 0 Å². The van der Waals surface area contributed by atoms with Gasteiger partial charge in [0.15, 0.2) is 0 Å². The molecule has 158 valence electrons. The molecule has 0 aromatic heterocycles. The molecule has 0 N–H and O–H groups in total. The van der Waals surface area contributed by atoms with Crippen molar-refractivity contribution in [1.82, 2.24) is 0 Å². The average Bonchev–Trinajstić information content (AvgIpc) is 2.74. The quantitative estimate of drug-likeness (QED) is 0.189. The van der Waals surface area contributed by atoms with Crippen LogP contribution in [0.3, 0.4) is 0 Å². The van der Waals surface area contributed by atoms with Crippen LogP contribution < -0.4 is 14.2 Å². The predicted molar refractivity (Wildman–Crippen MR) is 134 cm³/mol. The van der Waals surface area contributed by atoms with Gasteiger partial charge in [-0.05, 0) is 71.9 Å². The molecule has 3 nitrogen and oxygen atoms in total. The SMILES string of the molecule is SCCCOc1ccc(/C=C/c2cc(OCCCS)cc(OCCCS)c2)cc1. The summed E-state index contributed by atoms with van der Waals surface area (Å²) in [6.07, 6.45) is 6.88. The van der Waals surface area contributed by atoms with Gasteiger partial charge in [-0.15, -0.1) is 0 Å². The zero-order valence-corrected chi connectivity index (χ0v) is 19.3. The van der Waals surface area contributed by atoms with E-state index in [1.165, 1.54) is 0 Å². The molecule has 6 heteroatoms. The maximum absolute atomic E-state index is 5.85. The van der Waals surface area contributed by atoms with E-state index in [4.69, 9.17) is 14.2 Å².